The summed E-state index contributed by atoms with van der Waals surface area (Å²) in [4.78, 5) is 22.3. The zero-order chi connectivity index (χ0) is 10.7. The van der Waals surface area contributed by atoms with Gasteiger partial charge in [-0.1, -0.05) is 15.9 Å². The Morgan fingerprint density at radius 1 is 1.33 bits per heavy atom. The monoisotopic (exact) mass is 276 g/mol. The lowest BCUT2D eigenvalue weighted by atomic mass is 10.1. The fourth-order valence-electron chi connectivity index (χ4n) is 2.05. The van der Waals surface area contributed by atoms with Crippen molar-refractivity contribution in [1.29, 1.82) is 0 Å². The van der Waals surface area contributed by atoms with E-state index in [1.165, 1.54) is 6.92 Å². The highest BCUT2D eigenvalue weighted by atomic mass is 79.9. The fourth-order valence-corrected chi connectivity index (χ4v) is 2.86. The van der Waals surface area contributed by atoms with Gasteiger partial charge in [0.1, 0.15) is 30.5 Å². The average molecular weight is 277 g/mol. The van der Waals surface area contributed by atoms with E-state index in [0.29, 0.717) is 0 Å². The van der Waals surface area contributed by atoms with Gasteiger partial charge < -0.3 is 14.2 Å². The molecule has 2 saturated heterocycles. The van der Waals surface area contributed by atoms with Crippen molar-refractivity contribution in [3.8, 4) is 0 Å². The number of ether oxygens (including phenoxy) is 3. The van der Waals surface area contributed by atoms with Crippen molar-refractivity contribution in [2.45, 2.75) is 42.3 Å². The molecule has 3 rings (SSSR count). The highest BCUT2D eigenvalue weighted by Crippen LogP contribution is 2.45. The number of ketones is 1. The molecule has 6 heteroatoms. The van der Waals surface area contributed by atoms with Gasteiger partial charge in [0.15, 0.2) is 5.78 Å². The first-order valence-corrected chi connectivity index (χ1v) is 5.67. The Labute approximate surface area is 94.2 Å². The maximum absolute atomic E-state index is 11.6. The van der Waals surface area contributed by atoms with E-state index in [2.05, 4.69) is 15.9 Å². The molecule has 82 valence electrons. The van der Waals surface area contributed by atoms with E-state index in [0.717, 1.165) is 0 Å². The van der Waals surface area contributed by atoms with Gasteiger partial charge in [-0.25, -0.2) is 0 Å². The number of Topliss-reactive ketones (excluding diaryl/α,β-unsaturated/α-hetero) is 1. The molecule has 1 aliphatic carbocycles. The minimum atomic E-state index is -0.438. The van der Waals surface area contributed by atoms with Gasteiger partial charge in [-0.2, -0.15) is 0 Å². The Morgan fingerprint density at radius 2 is 1.93 bits per heavy atom. The Morgan fingerprint density at radius 3 is 2.60 bits per heavy atom. The topological polar surface area (TPSA) is 68.4 Å². The second-order valence-corrected chi connectivity index (χ2v) is 5.02. The van der Waals surface area contributed by atoms with E-state index in [4.69, 9.17) is 14.2 Å². The highest BCUT2D eigenvalue weighted by molar-refractivity contribution is 9.09. The van der Waals surface area contributed by atoms with Crippen LogP contribution in [0.15, 0.2) is 0 Å². The van der Waals surface area contributed by atoms with Crippen LogP contribution in [0.4, 0.5) is 0 Å². The summed E-state index contributed by atoms with van der Waals surface area (Å²) < 4.78 is 15.6. The third-order valence-corrected chi connectivity index (χ3v) is 3.91. The standard InChI is InChI=1S/C9H9BrO5/c1-2(11)13-6-3(10)5-7(14-5)4(12)8-9(6)15-8/h3,5-9H,1H3/t3-,5+,6+,7-,8+,9-/m0/s1. The molecule has 0 aromatic carbocycles. The summed E-state index contributed by atoms with van der Waals surface area (Å²) in [6.45, 7) is 1.34. The molecule has 2 heterocycles. The molecule has 2 aliphatic heterocycles. The lowest BCUT2D eigenvalue weighted by molar-refractivity contribution is -0.147. The lowest BCUT2D eigenvalue weighted by Gasteiger charge is -2.18. The van der Waals surface area contributed by atoms with Crippen LogP contribution in [0.5, 0.6) is 0 Å². The Balaban J connectivity index is 1.82. The van der Waals surface area contributed by atoms with Gasteiger partial charge in [0.25, 0.3) is 0 Å². The van der Waals surface area contributed by atoms with Crippen LogP contribution in [0.25, 0.3) is 0 Å². The van der Waals surface area contributed by atoms with Gasteiger partial charge in [0.05, 0.1) is 4.83 Å². The molecule has 3 fully saturated rings. The number of alkyl halides is 1. The predicted molar refractivity (Wildman–Crippen MR) is 50.6 cm³/mol. The van der Waals surface area contributed by atoms with E-state index in [9.17, 15) is 9.59 Å². The number of rotatable bonds is 1. The van der Waals surface area contributed by atoms with Crippen LogP contribution in [0.1, 0.15) is 6.92 Å². The number of fused-ring (bicyclic) bond motifs is 2. The molecule has 5 nitrogen and oxygen atoms in total. The van der Waals surface area contributed by atoms with E-state index in [1.54, 1.807) is 0 Å². The first-order valence-electron chi connectivity index (χ1n) is 4.75. The molecule has 0 radical (unpaired) electrons. The van der Waals surface area contributed by atoms with Gasteiger partial charge in [0.2, 0.25) is 0 Å². The van der Waals surface area contributed by atoms with Gasteiger partial charge >= 0.3 is 5.97 Å². The number of carbonyl (C=O) groups excluding carboxylic acids is 2. The molecule has 15 heavy (non-hydrogen) atoms. The Bertz CT molecular complexity index is 343. The molecule has 0 unspecified atom stereocenters. The smallest absolute Gasteiger partial charge is 0.303 e. The van der Waals surface area contributed by atoms with Crippen molar-refractivity contribution in [3.63, 3.8) is 0 Å². The molecule has 6 atom stereocenters. The number of esters is 1. The normalized spacial score (nSPS) is 51.2. The lowest BCUT2D eigenvalue weighted by Crippen LogP contribution is -2.35. The molecule has 0 amide bonds. The van der Waals surface area contributed by atoms with Crippen LogP contribution in [0.2, 0.25) is 0 Å². The Kier molecular flexibility index (Phi) is 1.96. The van der Waals surface area contributed by atoms with Crippen LogP contribution in [0, 0.1) is 0 Å². The van der Waals surface area contributed by atoms with E-state index >= 15 is 0 Å². The number of hydrogen-bond acceptors (Lipinski definition) is 5. The van der Waals surface area contributed by atoms with Gasteiger partial charge in [-0.05, 0) is 0 Å². The molecule has 0 spiro atoms. The van der Waals surface area contributed by atoms with Crippen molar-refractivity contribution in [2.24, 2.45) is 0 Å². The van der Waals surface area contributed by atoms with Gasteiger partial charge in [0, 0.05) is 6.92 Å². The minimum absolute atomic E-state index is 0.0240. The summed E-state index contributed by atoms with van der Waals surface area (Å²) >= 11 is 3.40. The summed E-state index contributed by atoms with van der Waals surface area (Å²) in [5.41, 5.74) is 0. The van der Waals surface area contributed by atoms with Crippen molar-refractivity contribution in [2.75, 3.05) is 0 Å². The first-order chi connectivity index (χ1) is 7.09. The predicted octanol–water partition coefficient (Wildman–Crippen LogP) is -0.201. The largest absolute Gasteiger partial charge is 0.458 e. The zero-order valence-electron chi connectivity index (χ0n) is 7.88. The number of halogens is 1. The quantitative estimate of drug-likeness (QED) is 0.377. The third-order valence-electron chi connectivity index (χ3n) is 2.87. The van der Waals surface area contributed by atoms with Crippen molar-refractivity contribution < 1.29 is 23.8 Å². The Hall–Kier alpha value is -0.460. The van der Waals surface area contributed by atoms with E-state index in [-0.39, 0.29) is 34.9 Å². The van der Waals surface area contributed by atoms with Crippen LogP contribution in [0.3, 0.4) is 0 Å². The van der Waals surface area contributed by atoms with Crippen molar-refractivity contribution in [1.82, 2.24) is 0 Å². The summed E-state index contributed by atoms with van der Waals surface area (Å²) in [6, 6.07) is 0. The highest BCUT2D eigenvalue weighted by Gasteiger charge is 2.67. The third kappa shape index (κ3) is 1.43. The molecule has 0 aromatic rings. The van der Waals surface area contributed by atoms with E-state index in [1.807, 2.05) is 0 Å². The van der Waals surface area contributed by atoms with Crippen LogP contribution >= 0.6 is 15.9 Å². The van der Waals surface area contributed by atoms with Crippen molar-refractivity contribution >= 4 is 27.7 Å². The van der Waals surface area contributed by atoms with Crippen LogP contribution < -0.4 is 0 Å². The number of hydrogen-bond donors (Lipinski definition) is 0. The number of carbonyl (C=O) groups is 2. The molecule has 0 aromatic heterocycles. The van der Waals surface area contributed by atoms with E-state index < -0.39 is 12.2 Å². The summed E-state index contributed by atoms with van der Waals surface area (Å²) in [5, 5.41) is 0. The summed E-state index contributed by atoms with van der Waals surface area (Å²) in [7, 11) is 0. The van der Waals surface area contributed by atoms with Gasteiger partial charge in [-0.15, -0.1) is 0 Å². The molecule has 1 saturated carbocycles. The summed E-state index contributed by atoms with van der Waals surface area (Å²) in [5.74, 6) is -0.394. The minimum Gasteiger partial charge on any atom is -0.458 e. The number of epoxide rings is 2. The van der Waals surface area contributed by atoms with Crippen LogP contribution in [-0.4, -0.2) is 47.1 Å². The van der Waals surface area contributed by atoms with Crippen LogP contribution in [-0.2, 0) is 23.8 Å². The molecular formula is C9H9BrO5. The molecule has 0 N–H and O–H groups in total. The SMILES string of the molecule is CC(=O)O[C@@H]1[C@@H](Br)[C@H]2O[C@H]2C(=O)[C@H]2O[C@@H]12. The second kappa shape index (κ2) is 3.02. The first kappa shape index (κ1) is 9.74. The molecule has 0 bridgehead atoms. The molecular weight excluding hydrogens is 268 g/mol. The maximum Gasteiger partial charge on any atom is 0.303 e. The molecule has 3 aliphatic rings. The second-order valence-electron chi connectivity index (χ2n) is 3.96. The van der Waals surface area contributed by atoms with Crippen molar-refractivity contribution in [3.05, 3.63) is 0 Å². The maximum atomic E-state index is 11.6. The zero-order valence-corrected chi connectivity index (χ0v) is 9.47. The van der Waals surface area contributed by atoms with Gasteiger partial charge in [-0.3, -0.25) is 9.59 Å². The fraction of sp³-hybridized carbons (Fsp3) is 0.778. The average Bonchev–Trinajstić information content (AvgIpc) is 3.01. The summed E-state index contributed by atoms with van der Waals surface area (Å²) in [6.07, 6.45) is -1.69.